The number of nitrogens with zero attached hydrogens (tertiary/aromatic N) is 1. The van der Waals surface area contributed by atoms with Crippen LogP contribution in [-0.2, 0) is 0 Å². The molecule has 3 aliphatic heterocycles. The van der Waals surface area contributed by atoms with Crippen LogP contribution in [-0.4, -0.2) is 40.5 Å². The smallest absolute Gasteiger partial charge is 0.251 e. The van der Waals surface area contributed by atoms with Gasteiger partial charge in [-0.25, -0.2) is 0 Å². The molecule has 4 fully saturated rings. The summed E-state index contributed by atoms with van der Waals surface area (Å²) < 4.78 is 0. The van der Waals surface area contributed by atoms with E-state index >= 15 is 0 Å². The third-order valence-electron chi connectivity index (χ3n) is 6.09. The molecule has 4 aliphatic rings. The van der Waals surface area contributed by atoms with Crippen LogP contribution in [0.4, 0.5) is 0 Å². The standard InChI is InChI=1S/C18H21N3O/c22-17(14-2-1-12-3-8-19-15(12)11-14)20-16-13-4-9-21(10-5-13)18(16)6-7-18/h1-3,8,11,13,16,19H,4-7,9-10H2,(H,20,22). The minimum Gasteiger partial charge on any atom is -0.361 e. The molecular weight excluding hydrogens is 274 g/mol. The minimum atomic E-state index is 0.0847. The highest BCUT2D eigenvalue weighted by Crippen LogP contribution is 2.53. The fraction of sp³-hybridized carbons (Fsp3) is 0.500. The second-order valence-corrected chi connectivity index (χ2v) is 7.16. The average molecular weight is 295 g/mol. The van der Waals surface area contributed by atoms with Gasteiger partial charge >= 0.3 is 0 Å². The Bertz CT molecular complexity index is 738. The minimum absolute atomic E-state index is 0.0847. The Morgan fingerprint density at radius 2 is 2.05 bits per heavy atom. The number of rotatable bonds is 2. The van der Waals surface area contributed by atoms with Gasteiger partial charge in [0.2, 0.25) is 0 Å². The van der Waals surface area contributed by atoms with Crippen LogP contribution in [0.15, 0.2) is 30.5 Å². The van der Waals surface area contributed by atoms with Crippen LogP contribution in [0.1, 0.15) is 36.0 Å². The number of nitrogens with one attached hydrogen (secondary N) is 2. The quantitative estimate of drug-likeness (QED) is 0.894. The summed E-state index contributed by atoms with van der Waals surface area (Å²) in [5, 5.41) is 4.53. The number of fused-ring (bicyclic) bond motifs is 3. The second-order valence-electron chi connectivity index (χ2n) is 7.16. The van der Waals surface area contributed by atoms with Crippen LogP contribution in [0, 0.1) is 5.92 Å². The van der Waals surface area contributed by atoms with E-state index in [9.17, 15) is 4.79 Å². The van der Waals surface area contributed by atoms with Crippen molar-refractivity contribution >= 4 is 16.8 Å². The van der Waals surface area contributed by atoms with Crippen molar-refractivity contribution in [2.45, 2.75) is 37.3 Å². The fourth-order valence-electron chi connectivity index (χ4n) is 4.73. The Labute approximate surface area is 129 Å². The SMILES string of the molecule is O=C(NC1C2CCN(CC2)C12CC2)c1ccc2cc[nH]c2c1. The van der Waals surface area contributed by atoms with E-state index in [-0.39, 0.29) is 5.91 Å². The summed E-state index contributed by atoms with van der Waals surface area (Å²) in [7, 11) is 0. The molecule has 4 heterocycles. The molecule has 4 heteroatoms. The summed E-state index contributed by atoms with van der Waals surface area (Å²) >= 11 is 0. The molecule has 1 amide bonds. The lowest BCUT2D eigenvalue weighted by atomic mass is 9.77. The highest BCUT2D eigenvalue weighted by molar-refractivity contribution is 5.98. The molecule has 2 aromatic rings. The van der Waals surface area contributed by atoms with Crippen molar-refractivity contribution in [2.24, 2.45) is 5.92 Å². The van der Waals surface area contributed by atoms with Crippen LogP contribution in [0.25, 0.3) is 10.9 Å². The van der Waals surface area contributed by atoms with Crippen molar-refractivity contribution in [1.29, 1.82) is 0 Å². The summed E-state index contributed by atoms with van der Waals surface area (Å²) in [5.41, 5.74) is 2.10. The van der Waals surface area contributed by atoms with Crippen molar-refractivity contribution in [2.75, 3.05) is 13.1 Å². The number of piperidine rings is 3. The molecular formula is C18H21N3O. The Balaban J connectivity index is 1.42. The Morgan fingerprint density at radius 1 is 1.23 bits per heavy atom. The van der Waals surface area contributed by atoms with Crippen LogP contribution >= 0.6 is 0 Å². The molecule has 1 saturated carbocycles. The van der Waals surface area contributed by atoms with Crippen molar-refractivity contribution < 1.29 is 4.79 Å². The number of carbonyl (C=O) groups excluding carboxylic acids is 1. The Morgan fingerprint density at radius 3 is 2.82 bits per heavy atom. The molecule has 0 radical (unpaired) electrons. The number of hydrogen-bond acceptors (Lipinski definition) is 2. The zero-order valence-corrected chi connectivity index (χ0v) is 12.6. The first kappa shape index (κ1) is 12.7. The van der Waals surface area contributed by atoms with Gasteiger partial charge in [-0.3, -0.25) is 9.69 Å². The van der Waals surface area contributed by atoms with Gasteiger partial charge in [0.25, 0.3) is 5.91 Å². The van der Waals surface area contributed by atoms with Crippen molar-refractivity contribution in [3.05, 3.63) is 36.0 Å². The molecule has 1 aliphatic carbocycles. The van der Waals surface area contributed by atoms with E-state index in [0.29, 0.717) is 17.5 Å². The molecule has 3 saturated heterocycles. The first-order valence-electron chi connectivity index (χ1n) is 8.39. The van der Waals surface area contributed by atoms with Gasteiger partial charge in [0.15, 0.2) is 0 Å². The highest BCUT2D eigenvalue weighted by Gasteiger charge is 2.60. The van der Waals surface area contributed by atoms with E-state index in [0.717, 1.165) is 16.5 Å². The maximum absolute atomic E-state index is 12.7. The first-order valence-corrected chi connectivity index (χ1v) is 8.39. The molecule has 4 nitrogen and oxygen atoms in total. The van der Waals surface area contributed by atoms with Crippen molar-refractivity contribution in [3.8, 4) is 0 Å². The first-order chi connectivity index (χ1) is 10.8. The maximum Gasteiger partial charge on any atom is 0.251 e. The Kier molecular flexibility index (Phi) is 2.51. The monoisotopic (exact) mass is 295 g/mol. The lowest BCUT2D eigenvalue weighted by molar-refractivity contribution is -0.00144. The van der Waals surface area contributed by atoms with E-state index in [1.54, 1.807) is 0 Å². The number of hydrogen-bond donors (Lipinski definition) is 2. The van der Waals surface area contributed by atoms with Crippen molar-refractivity contribution in [3.63, 3.8) is 0 Å². The molecule has 2 N–H and O–H groups in total. The number of H-pyrrole nitrogens is 1. The molecule has 1 aromatic heterocycles. The van der Waals surface area contributed by atoms with Crippen LogP contribution in [0.5, 0.6) is 0 Å². The topological polar surface area (TPSA) is 48.1 Å². The van der Waals surface area contributed by atoms with Gasteiger partial charge in [0, 0.05) is 22.8 Å². The third-order valence-corrected chi connectivity index (χ3v) is 6.09. The van der Waals surface area contributed by atoms with Gasteiger partial charge in [0.1, 0.15) is 0 Å². The third kappa shape index (κ3) is 1.70. The summed E-state index contributed by atoms with van der Waals surface area (Å²) in [6.07, 6.45) is 6.90. The lowest BCUT2D eigenvalue weighted by Gasteiger charge is -2.52. The molecule has 1 atom stereocenters. The van der Waals surface area contributed by atoms with E-state index in [2.05, 4.69) is 15.2 Å². The zero-order valence-electron chi connectivity index (χ0n) is 12.6. The van der Waals surface area contributed by atoms with Crippen LogP contribution in [0.2, 0.25) is 0 Å². The van der Waals surface area contributed by atoms with E-state index < -0.39 is 0 Å². The molecule has 1 aromatic carbocycles. The number of aromatic amines is 1. The molecule has 22 heavy (non-hydrogen) atoms. The van der Waals surface area contributed by atoms with Gasteiger partial charge < -0.3 is 10.3 Å². The largest absolute Gasteiger partial charge is 0.361 e. The lowest BCUT2D eigenvalue weighted by Crippen LogP contribution is -2.65. The van der Waals surface area contributed by atoms with E-state index in [1.807, 2.05) is 30.5 Å². The average Bonchev–Trinajstić information content (AvgIpc) is 3.18. The van der Waals surface area contributed by atoms with Gasteiger partial charge in [0.05, 0.1) is 6.04 Å². The molecule has 6 rings (SSSR count). The molecule has 1 spiro atoms. The van der Waals surface area contributed by atoms with Crippen LogP contribution in [0.3, 0.4) is 0 Å². The summed E-state index contributed by atoms with van der Waals surface area (Å²) in [6, 6.07) is 8.30. The molecule has 2 bridgehead atoms. The van der Waals surface area contributed by atoms with Gasteiger partial charge in [-0.2, -0.15) is 0 Å². The number of benzene rings is 1. The highest BCUT2D eigenvalue weighted by atomic mass is 16.1. The zero-order chi connectivity index (χ0) is 14.7. The van der Waals surface area contributed by atoms with E-state index in [1.165, 1.54) is 38.8 Å². The summed E-state index contributed by atoms with van der Waals surface area (Å²) in [5.74, 6) is 0.757. The summed E-state index contributed by atoms with van der Waals surface area (Å²) in [4.78, 5) is 18.5. The van der Waals surface area contributed by atoms with Gasteiger partial charge in [-0.05, 0) is 68.3 Å². The Hall–Kier alpha value is -1.81. The maximum atomic E-state index is 12.7. The predicted octanol–water partition coefficient (Wildman–Crippen LogP) is 2.52. The fourth-order valence-corrected chi connectivity index (χ4v) is 4.73. The van der Waals surface area contributed by atoms with Crippen LogP contribution < -0.4 is 5.32 Å². The normalized spacial score (nSPS) is 31.5. The molecule has 114 valence electrons. The summed E-state index contributed by atoms with van der Waals surface area (Å²) in [6.45, 7) is 2.46. The number of carbonyl (C=O) groups is 1. The second kappa shape index (κ2) is 4.35. The molecule has 1 unspecified atom stereocenters. The van der Waals surface area contributed by atoms with E-state index in [4.69, 9.17) is 0 Å². The van der Waals surface area contributed by atoms with Crippen molar-refractivity contribution in [1.82, 2.24) is 15.2 Å². The van der Waals surface area contributed by atoms with Gasteiger partial charge in [-0.1, -0.05) is 6.07 Å². The number of amides is 1. The van der Waals surface area contributed by atoms with Gasteiger partial charge in [-0.15, -0.1) is 0 Å². The number of aromatic nitrogens is 1. The predicted molar refractivity (Wildman–Crippen MR) is 85.8 cm³/mol.